The molecular weight excluding hydrogens is 470 g/mol. The van der Waals surface area contributed by atoms with Gasteiger partial charge in [0.1, 0.15) is 5.75 Å². The van der Waals surface area contributed by atoms with Crippen LogP contribution in [0.3, 0.4) is 0 Å². The van der Waals surface area contributed by atoms with Crippen molar-refractivity contribution in [2.24, 2.45) is 4.99 Å². The summed E-state index contributed by atoms with van der Waals surface area (Å²) >= 11 is 1.19. The zero-order chi connectivity index (χ0) is 25.3. The van der Waals surface area contributed by atoms with Crippen LogP contribution in [0.2, 0.25) is 0 Å². The van der Waals surface area contributed by atoms with Gasteiger partial charge < -0.3 is 9.47 Å². The third-order valence-corrected chi connectivity index (χ3v) is 6.40. The van der Waals surface area contributed by atoms with Gasteiger partial charge in [-0.15, -0.1) is 0 Å². The third-order valence-electron chi connectivity index (χ3n) is 5.42. The van der Waals surface area contributed by atoms with Gasteiger partial charge in [-0.2, -0.15) is 0 Å². The Hall–Kier alpha value is -4.05. The number of fused-ring (bicyclic) bond motifs is 1. The van der Waals surface area contributed by atoms with Gasteiger partial charge in [0.25, 0.3) is 11.2 Å². The first-order valence-electron chi connectivity index (χ1n) is 10.8. The second kappa shape index (κ2) is 9.67. The molecule has 3 aromatic rings. The van der Waals surface area contributed by atoms with Gasteiger partial charge in [-0.1, -0.05) is 23.5 Å². The summed E-state index contributed by atoms with van der Waals surface area (Å²) in [6.45, 7) is 5.24. The fourth-order valence-electron chi connectivity index (χ4n) is 3.81. The van der Waals surface area contributed by atoms with Crippen LogP contribution in [0.15, 0.2) is 69.6 Å². The van der Waals surface area contributed by atoms with E-state index in [0.29, 0.717) is 31.9 Å². The fraction of sp³-hybridized carbons (Fsp3) is 0.240. The largest absolute Gasteiger partial charge is 0.497 e. The number of carbonyl (C=O) groups is 1. The van der Waals surface area contributed by atoms with Crippen molar-refractivity contribution in [2.75, 3.05) is 7.11 Å². The minimum Gasteiger partial charge on any atom is -0.497 e. The number of hydrogen-bond acceptors (Lipinski definition) is 8. The van der Waals surface area contributed by atoms with E-state index in [4.69, 9.17) is 9.47 Å². The number of rotatable bonds is 6. The Morgan fingerprint density at radius 3 is 2.40 bits per heavy atom. The fourth-order valence-corrected chi connectivity index (χ4v) is 4.85. The van der Waals surface area contributed by atoms with Crippen molar-refractivity contribution in [3.05, 3.63) is 101 Å². The number of nitro groups is 1. The number of ether oxygens (including phenoxy) is 2. The Morgan fingerprint density at radius 1 is 1.17 bits per heavy atom. The van der Waals surface area contributed by atoms with E-state index >= 15 is 0 Å². The van der Waals surface area contributed by atoms with Crippen LogP contribution in [0, 0.1) is 10.1 Å². The van der Waals surface area contributed by atoms with E-state index in [0.717, 1.165) is 0 Å². The molecule has 35 heavy (non-hydrogen) atoms. The van der Waals surface area contributed by atoms with Crippen LogP contribution in [-0.2, 0) is 9.53 Å². The first kappa shape index (κ1) is 24.1. The number of nitrogens with zero attached hydrogens (tertiary/aromatic N) is 3. The monoisotopic (exact) mass is 493 g/mol. The van der Waals surface area contributed by atoms with E-state index in [1.54, 1.807) is 70.4 Å². The van der Waals surface area contributed by atoms with Gasteiger partial charge in [0.15, 0.2) is 4.80 Å². The highest BCUT2D eigenvalue weighted by atomic mass is 32.1. The molecule has 2 heterocycles. The Morgan fingerprint density at radius 2 is 1.83 bits per heavy atom. The van der Waals surface area contributed by atoms with E-state index in [9.17, 15) is 19.7 Å². The Labute approximate surface area is 204 Å². The molecule has 0 saturated carbocycles. The van der Waals surface area contributed by atoms with Crippen LogP contribution >= 0.6 is 11.3 Å². The Bertz CT molecular complexity index is 1500. The number of aromatic nitrogens is 1. The molecule has 1 aliphatic heterocycles. The summed E-state index contributed by atoms with van der Waals surface area (Å²) in [5.74, 6) is 0.109. The number of nitro benzene ring substituents is 1. The lowest BCUT2D eigenvalue weighted by Gasteiger charge is -2.25. The van der Waals surface area contributed by atoms with Crippen molar-refractivity contribution >= 4 is 29.1 Å². The molecule has 1 aromatic heterocycles. The van der Waals surface area contributed by atoms with E-state index < -0.39 is 16.9 Å². The summed E-state index contributed by atoms with van der Waals surface area (Å²) in [7, 11) is 1.56. The lowest BCUT2D eigenvalue weighted by Crippen LogP contribution is -2.40. The molecule has 0 spiro atoms. The number of benzene rings is 2. The molecule has 2 aromatic carbocycles. The van der Waals surface area contributed by atoms with E-state index in [2.05, 4.69) is 4.99 Å². The Balaban J connectivity index is 1.89. The third kappa shape index (κ3) is 4.78. The number of allylic oxidation sites excluding steroid dienone is 1. The van der Waals surface area contributed by atoms with Crippen LogP contribution in [0.25, 0.3) is 6.08 Å². The molecule has 4 rings (SSSR count). The van der Waals surface area contributed by atoms with Crippen molar-refractivity contribution in [2.45, 2.75) is 32.9 Å². The number of non-ortho nitro benzene ring substituents is 1. The maximum Gasteiger partial charge on any atom is 0.338 e. The van der Waals surface area contributed by atoms with Gasteiger partial charge >= 0.3 is 5.97 Å². The molecule has 9 nitrogen and oxygen atoms in total. The average molecular weight is 494 g/mol. The predicted octanol–water partition coefficient (Wildman–Crippen LogP) is 3.10. The zero-order valence-electron chi connectivity index (χ0n) is 19.6. The quantitative estimate of drug-likeness (QED) is 0.296. The maximum atomic E-state index is 13.6. The lowest BCUT2D eigenvalue weighted by molar-refractivity contribution is -0.384. The summed E-state index contributed by atoms with van der Waals surface area (Å²) in [5.41, 5.74) is 1.75. The van der Waals surface area contributed by atoms with Crippen molar-refractivity contribution < 1.29 is 19.2 Å². The van der Waals surface area contributed by atoms with Crippen LogP contribution in [0.4, 0.5) is 5.69 Å². The molecule has 0 saturated heterocycles. The SMILES string of the molecule is COc1ccc([C@@H]2C(C(=O)OC(C)C)=C(C)N=c3s/c(=C\c4ccc([N+](=O)[O-])cc4)c(=O)n32)cc1. The van der Waals surface area contributed by atoms with Gasteiger partial charge in [0.05, 0.1) is 40.0 Å². The second-order valence-corrected chi connectivity index (χ2v) is 9.17. The highest BCUT2D eigenvalue weighted by Crippen LogP contribution is 2.31. The van der Waals surface area contributed by atoms with Crippen molar-refractivity contribution in [1.29, 1.82) is 0 Å². The number of methoxy groups -OCH3 is 1. The first-order chi connectivity index (χ1) is 16.7. The summed E-state index contributed by atoms with van der Waals surface area (Å²) < 4.78 is 12.6. The Kier molecular flexibility index (Phi) is 6.65. The average Bonchev–Trinajstić information content (AvgIpc) is 3.12. The second-order valence-electron chi connectivity index (χ2n) is 8.16. The molecule has 1 atom stereocenters. The zero-order valence-corrected chi connectivity index (χ0v) is 20.4. The molecule has 0 bridgehead atoms. The molecule has 0 radical (unpaired) electrons. The van der Waals surface area contributed by atoms with Crippen molar-refractivity contribution in [3.63, 3.8) is 0 Å². The summed E-state index contributed by atoms with van der Waals surface area (Å²) in [6.07, 6.45) is 1.32. The molecular formula is C25H23N3O6S. The standard InChI is InChI=1S/C25H23N3O6S/c1-14(2)34-24(30)21-15(3)26-25-27(22(21)17-7-11-19(33-4)12-8-17)23(29)20(35-25)13-16-5-9-18(10-6-16)28(31)32/h5-14,22H,1-4H3/b20-13-/t22-/m1/s1. The van der Waals surface area contributed by atoms with Crippen LogP contribution in [0.5, 0.6) is 5.75 Å². The van der Waals surface area contributed by atoms with Crippen LogP contribution in [-0.4, -0.2) is 28.7 Å². The normalized spacial score (nSPS) is 15.6. The van der Waals surface area contributed by atoms with Crippen molar-refractivity contribution in [1.82, 2.24) is 4.57 Å². The van der Waals surface area contributed by atoms with E-state index in [1.165, 1.54) is 28.0 Å². The smallest absolute Gasteiger partial charge is 0.338 e. The maximum absolute atomic E-state index is 13.6. The molecule has 10 heteroatoms. The van der Waals surface area contributed by atoms with E-state index in [-0.39, 0.29) is 22.9 Å². The number of hydrogen-bond donors (Lipinski definition) is 0. The minimum atomic E-state index is -0.734. The molecule has 0 N–H and O–H groups in total. The minimum absolute atomic E-state index is 0.0351. The molecule has 0 amide bonds. The van der Waals surface area contributed by atoms with Crippen molar-refractivity contribution in [3.8, 4) is 5.75 Å². The highest BCUT2D eigenvalue weighted by molar-refractivity contribution is 7.07. The van der Waals surface area contributed by atoms with E-state index in [1.807, 2.05) is 0 Å². The topological polar surface area (TPSA) is 113 Å². The van der Waals surface area contributed by atoms with Gasteiger partial charge in [0.2, 0.25) is 0 Å². The summed E-state index contributed by atoms with van der Waals surface area (Å²) in [5, 5.41) is 10.9. The first-order valence-corrected chi connectivity index (χ1v) is 11.6. The highest BCUT2D eigenvalue weighted by Gasteiger charge is 2.33. The number of thiazole rings is 1. The van der Waals surface area contributed by atoms with Gasteiger partial charge in [-0.3, -0.25) is 19.5 Å². The van der Waals surface area contributed by atoms with Gasteiger partial charge in [0, 0.05) is 12.1 Å². The molecule has 0 unspecified atom stereocenters. The summed E-state index contributed by atoms with van der Waals surface area (Å²) in [4.78, 5) is 42.1. The molecule has 1 aliphatic rings. The molecule has 0 fully saturated rings. The molecule has 180 valence electrons. The van der Waals surface area contributed by atoms with Gasteiger partial charge in [-0.05, 0) is 62.2 Å². The van der Waals surface area contributed by atoms with Gasteiger partial charge in [-0.25, -0.2) is 9.79 Å². The lowest BCUT2D eigenvalue weighted by atomic mass is 9.96. The molecule has 0 aliphatic carbocycles. The number of esters is 1. The number of carbonyl (C=O) groups excluding carboxylic acids is 1. The predicted molar refractivity (Wildman–Crippen MR) is 131 cm³/mol. The van der Waals surface area contributed by atoms with Crippen LogP contribution < -0.4 is 19.6 Å². The summed E-state index contributed by atoms with van der Waals surface area (Å²) in [6, 6.07) is 12.3. The van der Waals surface area contributed by atoms with Crippen LogP contribution in [0.1, 0.15) is 37.9 Å².